The summed E-state index contributed by atoms with van der Waals surface area (Å²) in [6.07, 6.45) is 0.676. The third kappa shape index (κ3) is 5.40. The Kier molecular flexibility index (Phi) is 6.65. The van der Waals surface area contributed by atoms with Gasteiger partial charge in [-0.25, -0.2) is 0 Å². The van der Waals surface area contributed by atoms with Gasteiger partial charge in [0.2, 0.25) is 0 Å². The van der Waals surface area contributed by atoms with Crippen molar-refractivity contribution in [1.82, 2.24) is 5.32 Å². The molecule has 2 rings (SSSR count). The molecule has 0 saturated carbocycles. The van der Waals surface area contributed by atoms with E-state index in [0.29, 0.717) is 23.5 Å². The van der Waals surface area contributed by atoms with Crippen LogP contribution in [-0.2, 0) is 4.79 Å². The van der Waals surface area contributed by atoms with Crippen LogP contribution >= 0.6 is 0 Å². The monoisotopic (exact) mass is 369 g/mol. The number of non-ortho nitro benzene ring substituents is 1. The Balaban J connectivity index is 2.05. The Morgan fingerprint density at radius 2 is 1.89 bits per heavy atom. The van der Waals surface area contributed by atoms with E-state index in [9.17, 15) is 19.7 Å². The molecule has 2 aromatic rings. The van der Waals surface area contributed by atoms with Gasteiger partial charge < -0.3 is 15.4 Å². The number of amides is 2. The van der Waals surface area contributed by atoms with Gasteiger partial charge in [0.05, 0.1) is 16.2 Å². The molecule has 27 heavy (non-hydrogen) atoms. The molecule has 8 nitrogen and oxygen atoms in total. The molecule has 2 N–H and O–H groups in total. The topological polar surface area (TPSA) is 111 Å². The number of hydrogen-bond donors (Lipinski definition) is 2. The molecular formula is C19H19N3O5. The summed E-state index contributed by atoms with van der Waals surface area (Å²) in [7, 11) is 0. The zero-order chi connectivity index (χ0) is 19.8. The molecule has 2 aromatic carbocycles. The molecule has 2 amide bonds. The van der Waals surface area contributed by atoms with Crippen LogP contribution in [0.1, 0.15) is 17.3 Å². The first-order chi connectivity index (χ1) is 12.9. The molecule has 8 heteroatoms. The fourth-order valence-corrected chi connectivity index (χ4v) is 2.19. The summed E-state index contributed by atoms with van der Waals surface area (Å²) in [5.74, 6) is -0.479. The number of anilines is 1. The average Bonchev–Trinajstić information content (AvgIpc) is 2.66. The summed E-state index contributed by atoms with van der Waals surface area (Å²) in [4.78, 5) is 34.7. The molecule has 0 heterocycles. The van der Waals surface area contributed by atoms with Crippen LogP contribution in [0.15, 0.2) is 61.2 Å². The molecule has 0 aromatic heterocycles. The summed E-state index contributed by atoms with van der Waals surface area (Å²) in [6.45, 7) is 5.38. The van der Waals surface area contributed by atoms with Crippen molar-refractivity contribution in [2.24, 2.45) is 0 Å². The minimum Gasteiger partial charge on any atom is -0.481 e. The molecule has 0 unspecified atom stereocenters. The van der Waals surface area contributed by atoms with Crippen LogP contribution in [0, 0.1) is 10.1 Å². The van der Waals surface area contributed by atoms with Gasteiger partial charge in [0.1, 0.15) is 5.75 Å². The van der Waals surface area contributed by atoms with Gasteiger partial charge in [-0.05, 0) is 31.2 Å². The molecule has 0 spiro atoms. The van der Waals surface area contributed by atoms with Crippen LogP contribution in [-0.4, -0.2) is 29.4 Å². The molecule has 0 bridgehead atoms. The molecule has 0 aliphatic heterocycles. The van der Waals surface area contributed by atoms with E-state index in [1.54, 1.807) is 30.3 Å². The number of nitrogens with one attached hydrogen (secondary N) is 2. The summed E-state index contributed by atoms with van der Waals surface area (Å²) in [5, 5.41) is 16.0. The van der Waals surface area contributed by atoms with Gasteiger partial charge in [0, 0.05) is 18.7 Å². The Hall–Kier alpha value is -3.68. The normalized spacial score (nSPS) is 11.1. The first kappa shape index (κ1) is 19.6. The fraction of sp³-hybridized carbons (Fsp3) is 0.158. The second kappa shape index (κ2) is 9.14. The Labute approximate surface area is 156 Å². The van der Waals surface area contributed by atoms with Gasteiger partial charge in [-0.1, -0.05) is 18.2 Å². The van der Waals surface area contributed by atoms with Crippen molar-refractivity contribution < 1.29 is 19.2 Å². The van der Waals surface area contributed by atoms with Gasteiger partial charge in [-0.2, -0.15) is 0 Å². The SMILES string of the molecule is C=CCNC(=O)c1ccccc1NC(=O)[C@@H](C)Oc1ccc([N+](=O)[O-])cc1. The highest BCUT2D eigenvalue weighted by atomic mass is 16.6. The highest BCUT2D eigenvalue weighted by Gasteiger charge is 2.18. The molecule has 0 radical (unpaired) electrons. The van der Waals surface area contributed by atoms with Crippen molar-refractivity contribution in [3.05, 3.63) is 76.9 Å². The van der Waals surface area contributed by atoms with E-state index in [1.165, 1.54) is 31.2 Å². The van der Waals surface area contributed by atoms with Crippen LogP contribution in [0.5, 0.6) is 5.75 Å². The Morgan fingerprint density at radius 3 is 2.52 bits per heavy atom. The standard InChI is InChI=1S/C19H19N3O5/c1-3-12-20-19(24)16-6-4-5-7-17(16)21-18(23)13(2)27-15-10-8-14(9-11-15)22(25)26/h3-11,13H,1,12H2,2H3,(H,20,24)(H,21,23)/t13-/m1/s1. The highest BCUT2D eigenvalue weighted by Crippen LogP contribution is 2.20. The van der Waals surface area contributed by atoms with Crippen molar-refractivity contribution >= 4 is 23.2 Å². The number of nitro groups is 1. The molecule has 0 aliphatic carbocycles. The van der Waals surface area contributed by atoms with E-state index in [-0.39, 0.29) is 11.6 Å². The maximum atomic E-state index is 12.4. The summed E-state index contributed by atoms with van der Waals surface area (Å²) < 4.78 is 5.50. The lowest BCUT2D eigenvalue weighted by Crippen LogP contribution is -2.31. The summed E-state index contributed by atoms with van der Waals surface area (Å²) in [5.41, 5.74) is 0.595. The summed E-state index contributed by atoms with van der Waals surface area (Å²) >= 11 is 0. The quantitative estimate of drug-likeness (QED) is 0.422. The molecule has 140 valence electrons. The second-order valence-electron chi connectivity index (χ2n) is 5.54. The van der Waals surface area contributed by atoms with E-state index >= 15 is 0 Å². The van der Waals surface area contributed by atoms with Gasteiger partial charge >= 0.3 is 0 Å². The lowest BCUT2D eigenvalue weighted by Gasteiger charge is -2.16. The number of para-hydroxylation sites is 1. The van der Waals surface area contributed by atoms with E-state index in [2.05, 4.69) is 17.2 Å². The number of hydrogen-bond acceptors (Lipinski definition) is 5. The Bertz CT molecular complexity index is 849. The lowest BCUT2D eigenvalue weighted by atomic mass is 10.1. The van der Waals surface area contributed by atoms with Crippen molar-refractivity contribution in [3.63, 3.8) is 0 Å². The number of ether oxygens (including phenoxy) is 1. The van der Waals surface area contributed by atoms with E-state index < -0.39 is 16.9 Å². The Morgan fingerprint density at radius 1 is 1.22 bits per heavy atom. The van der Waals surface area contributed by atoms with Crippen molar-refractivity contribution in [2.45, 2.75) is 13.0 Å². The van der Waals surface area contributed by atoms with E-state index in [0.717, 1.165) is 0 Å². The number of benzene rings is 2. The first-order valence-corrected chi connectivity index (χ1v) is 8.12. The smallest absolute Gasteiger partial charge is 0.269 e. The fourth-order valence-electron chi connectivity index (χ4n) is 2.19. The zero-order valence-electron chi connectivity index (χ0n) is 14.7. The predicted molar refractivity (Wildman–Crippen MR) is 101 cm³/mol. The number of nitrogens with zero attached hydrogens (tertiary/aromatic N) is 1. The number of nitro benzene ring substituents is 1. The van der Waals surface area contributed by atoms with Crippen LogP contribution < -0.4 is 15.4 Å². The average molecular weight is 369 g/mol. The van der Waals surface area contributed by atoms with Crippen LogP contribution in [0.25, 0.3) is 0 Å². The van der Waals surface area contributed by atoms with Crippen molar-refractivity contribution in [2.75, 3.05) is 11.9 Å². The number of carbonyl (C=O) groups excluding carboxylic acids is 2. The van der Waals surface area contributed by atoms with Crippen LogP contribution in [0.3, 0.4) is 0 Å². The van der Waals surface area contributed by atoms with Gasteiger partial charge in [-0.3, -0.25) is 19.7 Å². The van der Waals surface area contributed by atoms with Gasteiger partial charge in [0.15, 0.2) is 6.10 Å². The van der Waals surface area contributed by atoms with E-state index in [4.69, 9.17) is 4.74 Å². The third-order valence-corrected chi connectivity index (χ3v) is 3.57. The zero-order valence-corrected chi connectivity index (χ0v) is 14.7. The van der Waals surface area contributed by atoms with E-state index in [1.807, 2.05) is 0 Å². The maximum absolute atomic E-state index is 12.4. The van der Waals surface area contributed by atoms with Crippen LogP contribution in [0.4, 0.5) is 11.4 Å². The number of carbonyl (C=O) groups is 2. The lowest BCUT2D eigenvalue weighted by molar-refractivity contribution is -0.384. The maximum Gasteiger partial charge on any atom is 0.269 e. The molecule has 0 saturated heterocycles. The molecular weight excluding hydrogens is 350 g/mol. The minimum absolute atomic E-state index is 0.0704. The van der Waals surface area contributed by atoms with Crippen LogP contribution in [0.2, 0.25) is 0 Å². The second-order valence-corrected chi connectivity index (χ2v) is 5.54. The molecule has 0 aliphatic rings. The molecule has 0 fully saturated rings. The van der Waals surface area contributed by atoms with Gasteiger partial charge in [0.25, 0.3) is 17.5 Å². The first-order valence-electron chi connectivity index (χ1n) is 8.12. The molecule has 1 atom stereocenters. The third-order valence-electron chi connectivity index (χ3n) is 3.57. The highest BCUT2D eigenvalue weighted by molar-refractivity contribution is 6.04. The largest absolute Gasteiger partial charge is 0.481 e. The minimum atomic E-state index is -0.879. The summed E-state index contributed by atoms with van der Waals surface area (Å²) in [6, 6.07) is 12.0. The van der Waals surface area contributed by atoms with Crippen molar-refractivity contribution in [3.8, 4) is 5.75 Å². The van der Waals surface area contributed by atoms with Crippen molar-refractivity contribution in [1.29, 1.82) is 0 Å². The predicted octanol–water partition coefficient (Wildman–Crippen LogP) is 2.92. The van der Waals surface area contributed by atoms with Gasteiger partial charge in [-0.15, -0.1) is 6.58 Å². The number of rotatable bonds is 8.